The van der Waals surface area contributed by atoms with Crippen molar-refractivity contribution in [2.75, 3.05) is 29.4 Å². The van der Waals surface area contributed by atoms with Crippen LogP contribution in [-0.4, -0.2) is 4.57 Å². The van der Waals surface area contributed by atoms with Crippen molar-refractivity contribution in [1.29, 1.82) is 5.26 Å². The van der Waals surface area contributed by atoms with E-state index in [-0.39, 0.29) is 0 Å². The third kappa shape index (κ3) is 11.4. The van der Waals surface area contributed by atoms with Crippen LogP contribution >= 0.6 is 0 Å². The maximum atomic E-state index is 11.1. The summed E-state index contributed by atoms with van der Waals surface area (Å²) in [4.78, 5) is 13.8. The van der Waals surface area contributed by atoms with Gasteiger partial charge in [-0.05, 0) is 231 Å². The molecule has 1 aromatic heterocycles. The Labute approximate surface area is 542 Å². The summed E-state index contributed by atoms with van der Waals surface area (Å²) in [5.74, 6) is 0. The number of nitrogens with zero attached hydrogens (tertiary/aromatic N) is 8. The van der Waals surface area contributed by atoms with Crippen LogP contribution in [0, 0.1) is 11.5 Å². The fraction of sp³-hybridized carbons (Fsp3) is 0. The molecule has 0 bridgehead atoms. The van der Waals surface area contributed by atoms with Crippen LogP contribution in [0.15, 0.2) is 376 Å². The van der Waals surface area contributed by atoms with Gasteiger partial charge in [-0.1, -0.05) is 146 Å². The molecule has 0 unspecified atom stereocenters. The predicted octanol–water partition coefficient (Wildman–Crippen LogP) is 23.9. The van der Waals surface area contributed by atoms with Crippen LogP contribution in [0.2, 0.25) is 0 Å². The number of rotatable bonds is 18. The zero-order valence-corrected chi connectivity index (χ0v) is 50.9. The highest BCUT2D eigenvalue weighted by molar-refractivity contribution is 6.11. The van der Waals surface area contributed by atoms with Crippen molar-refractivity contribution in [3.8, 4) is 6.19 Å². The second-order valence-corrected chi connectivity index (χ2v) is 22.6. The standard InChI is InChI=1S/C85H62N8/c86-63-87-84-59-57-80(92(76-49-41-72(42-50-76)88(64-25-9-1-10-26-64)65-27-11-2-12-28-65)77-51-43-73(44-52-77)89(66-29-13-3-14-30-66)67-31-15-4-16-32-67)61-82(84)83-62-81(58-60-85(83)87)93(78-53-45-74(46-54-78)90(68-33-17-5-18-34-68)69-35-19-6-20-36-69)79-55-47-75(48-56-79)91(70-37-21-7-22-38-70)71-39-23-8-24-40-71/h1-62H. The maximum absolute atomic E-state index is 11.1. The smallest absolute Gasteiger partial charge is 0.189 e. The summed E-state index contributed by atoms with van der Waals surface area (Å²) in [6, 6.07) is 132. The molecule has 93 heavy (non-hydrogen) atoms. The van der Waals surface area contributed by atoms with E-state index in [2.05, 4.69) is 412 Å². The number of fused-ring (bicyclic) bond motifs is 3. The molecule has 0 atom stereocenters. The molecule has 0 aliphatic carbocycles. The highest BCUT2D eigenvalue weighted by Crippen LogP contribution is 2.46. The molecule has 0 fully saturated rings. The zero-order valence-electron chi connectivity index (χ0n) is 50.9. The second kappa shape index (κ2) is 25.7. The van der Waals surface area contributed by atoms with Gasteiger partial charge in [-0.3, -0.25) is 0 Å². The summed E-state index contributed by atoms with van der Waals surface area (Å²) in [7, 11) is 0. The molecule has 15 aromatic rings. The van der Waals surface area contributed by atoms with Crippen LogP contribution in [0.3, 0.4) is 0 Å². The largest absolute Gasteiger partial charge is 0.311 e. The number of hydrogen-bond donors (Lipinski definition) is 0. The zero-order chi connectivity index (χ0) is 62.3. The molecule has 14 aromatic carbocycles. The number of para-hydroxylation sites is 8. The van der Waals surface area contributed by atoms with Crippen molar-refractivity contribution >= 4 is 124 Å². The minimum Gasteiger partial charge on any atom is -0.311 e. The molecule has 0 saturated heterocycles. The fourth-order valence-electron chi connectivity index (χ4n) is 12.7. The van der Waals surface area contributed by atoms with Crippen LogP contribution in [0.4, 0.5) is 102 Å². The summed E-state index contributed by atoms with van der Waals surface area (Å²) >= 11 is 0. The van der Waals surface area contributed by atoms with Gasteiger partial charge in [0.25, 0.3) is 0 Å². The Bertz CT molecular complexity index is 4270. The van der Waals surface area contributed by atoms with Crippen LogP contribution in [0.5, 0.6) is 0 Å². The average Bonchev–Trinajstić information content (AvgIpc) is 1.65. The van der Waals surface area contributed by atoms with Crippen molar-refractivity contribution in [2.45, 2.75) is 0 Å². The molecule has 0 radical (unpaired) electrons. The van der Waals surface area contributed by atoms with E-state index in [1.165, 1.54) is 0 Å². The maximum Gasteiger partial charge on any atom is 0.189 e. The van der Waals surface area contributed by atoms with E-state index >= 15 is 0 Å². The van der Waals surface area contributed by atoms with Gasteiger partial charge in [-0.25, -0.2) is 4.57 Å². The van der Waals surface area contributed by atoms with Gasteiger partial charge in [0.2, 0.25) is 0 Å². The monoisotopic (exact) mass is 1190 g/mol. The van der Waals surface area contributed by atoms with Crippen molar-refractivity contribution in [3.05, 3.63) is 376 Å². The van der Waals surface area contributed by atoms with Crippen molar-refractivity contribution in [1.82, 2.24) is 4.57 Å². The van der Waals surface area contributed by atoms with E-state index in [4.69, 9.17) is 0 Å². The molecule has 0 N–H and O–H groups in total. The first-order valence-corrected chi connectivity index (χ1v) is 31.2. The fourth-order valence-corrected chi connectivity index (χ4v) is 12.7. The van der Waals surface area contributed by atoms with Crippen molar-refractivity contribution < 1.29 is 0 Å². The van der Waals surface area contributed by atoms with E-state index in [9.17, 15) is 5.26 Å². The minimum atomic E-state index is 0.811. The topological polar surface area (TPSA) is 48.2 Å². The highest BCUT2D eigenvalue weighted by atomic mass is 15.2. The third-order valence-electron chi connectivity index (χ3n) is 16.9. The molecule has 0 aliphatic rings. The summed E-state index contributed by atoms with van der Waals surface area (Å²) in [5, 5.41) is 13.0. The number of aromatic nitrogens is 1. The quantitative estimate of drug-likeness (QED) is 0.0848. The van der Waals surface area contributed by atoms with Crippen molar-refractivity contribution in [2.24, 2.45) is 0 Å². The molecule has 0 aliphatic heterocycles. The Balaban J connectivity index is 0.875. The number of nitriles is 1. The Hall–Kier alpha value is -12.8. The highest BCUT2D eigenvalue weighted by Gasteiger charge is 2.23. The molecular weight excluding hydrogens is 1130 g/mol. The normalized spacial score (nSPS) is 11.0. The van der Waals surface area contributed by atoms with Crippen LogP contribution in [-0.2, 0) is 0 Å². The molecule has 8 nitrogen and oxygen atoms in total. The van der Waals surface area contributed by atoms with E-state index in [1.807, 2.05) is 0 Å². The molecule has 442 valence electrons. The van der Waals surface area contributed by atoms with Gasteiger partial charge in [0.15, 0.2) is 6.19 Å². The first-order valence-electron chi connectivity index (χ1n) is 31.2. The van der Waals surface area contributed by atoms with Crippen LogP contribution in [0.25, 0.3) is 21.8 Å². The summed E-state index contributed by atoms with van der Waals surface area (Å²) in [6.07, 6.45) is 2.56. The molecule has 8 heteroatoms. The van der Waals surface area contributed by atoms with E-state index in [0.717, 1.165) is 124 Å². The lowest BCUT2D eigenvalue weighted by Gasteiger charge is -2.29. The average molecular weight is 1200 g/mol. The van der Waals surface area contributed by atoms with Gasteiger partial charge >= 0.3 is 0 Å². The molecule has 15 rings (SSSR count). The minimum absolute atomic E-state index is 0.811. The van der Waals surface area contributed by atoms with Crippen molar-refractivity contribution in [3.63, 3.8) is 0 Å². The lowest BCUT2D eigenvalue weighted by atomic mass is 10.1. The molecular formula is C85H62N8. The van der Waals surface area contributed by atoms with Gasteiger partial charge in [-0.2, -0.15) is 5.26 Å². The lowest BCUT2D eigenvalue weighted by Crippen LogP contribution is -2.13. The molecule has 0 saturated carbocycles. The van der Waals surface area contributed by atoms with E-state index < -0.39 is 0 Å². The Morgan fingerprint density at radius 1 is 0.172 bits per heavy atom. The van der Waals surface area contributed by atoms with Gasteiger partial charge in [0, 0.05) is 113 Å². The third-order valence-corrected chi connectivity index (χ3v) is 16.9. The lowest BCUT2D eigenvalue weighted by molar-refractivity contribution is 1.19. The second-order valence-electron chi connectivity index (χ2n) is 22.6. The predicted molar refractivity (Wildman–Crippen MR) is 389 cm³/mol. The molecule has 1 heterocycles. The van der Waals surface area contributed by atoms with Gasteiger partial charge < -0.3 is 29.4 Å². The van der Waals surface area contributed by atoms with E-state index in [1.54, 1.807) is 4.57 Å². The Morgan fingerprint density at radius 2 is 0.312 bits per heavy atom. The first kappa shape index (κ1) is 56.7. The first-order chi connectivity index (χ1) is 46.1. The Morgan fingerprint density at radius 3 is 0.473 bits per heavy atom. The number of hydrogen-bond acceptors (Lipinski definition) is 7. The SMILES string of the molecule is N#Cn1c2ccc(N(c3ccc(N(c4ccccc4)c4ccccc4)cc3)c3ccc(N(c4ccccc4)c4ccccc4)cc3)cc2c2cc(N(c3ccc(N(c4ccccc4)c4ccccc4)cc3)c3ccc(N(c4ccccc4)c4ccccc4)cc3)ccc21. The van der Waals surface area contributed by atoms with Gasteiger partial charge in [-0.15, -0.1) is 0 Å². The summed E-state index contributed by atoms with van der Waals surface area (Å²) < 4.78 is 1.76. The van der Waals surface area contributed by atoms with Crippen LogP contribution < -0.4 is 29.4 Å². The van der Waals surface area contributed by atoms with Crippen LogP contribution in [0.1, 0.15) is 0 Å². The number of anilines is 18. The Kier molecular flexibility index (Phi) is 15.7. The summed E-state index contributed by atoms with van der Waals surface area (Å²) in [5.41, 5.74) is 19.9. The van der Waals surface area contributed by atoms with Gasteiger partial charge in [0.1, 0.15) is 0 Å². The molecule has 0 amide bonds. The van der Waals surface area contributed by atoms with Gasteiger partial charge in [0.05, 0.1) is 11.0 Å². The van der Waals surface area contributed by atoms with E-state index in [0.29, 0.717) is 0 Å². The number of benzene rings is 14. The summed E-state index contributed by atoms with van der Waals surface area (Å²) in [6.45, 7) is 0. The molecule has 0 spiro atoms.